The smallest absolute Gasteiger partial charge is 0.325 e. The van der Waals surface area contributed by atoms with Gasteiger partial charge in [0.05, 0.1) is 5.75 Å². The molecular formula is C16H17N5O4S2. The van der Waals surface area contributed by atoms with E-state index in [1.54, 1.807) is 24.3 Å². The molecule has 3 amide bonds. The Labute approximate surface area is 163 Å². The van der Waals surface area contributed by atoms with Crippen molar-refractivity contribution < 1.29 is 19.1 Å². The molecule has 142 valence electrons. The number of urea groups is 1. The molecular weight excluding hydrogens is 390 g/mol. The lowest BCUT2D eigenvalue weighted by molar-refractivity contribution is -0.117. The van der Waals surface area contributed by atoms with E-state index in [9.17, 15) is 9.59 Å². The first kappa shape index (κ1) is 19.0. The molecule has 1 aromatic carbocycles. The Bertz CT molecular complexity index is 842. The van der Waals surface area contributed by atoms with Crippen molar-refractivity contribution in [2.75, 3.05) is 36.1 Å². The number of thioether (sulfide) groups is 1. The Kier molecular flexibility index (Phi) is 6.49. The summed E-state index contributed by atoms with van der Waals surface area (Å²) in [6, 6.07) is 4.40. The molecule has 0 aliphatic carbocycles. The van der Waals surface area contributed by atoms with Gasteiger partial charge in [0.25, 0.3) is 0 Å². The van der Waals surface area contributed by atoms with Crippen molar-refractivity contribution in [1.82, 2.24) is 15.5 Å². The zero-order valence-corrected chi connectivity index (χ0v) is 15.8. The van der Waals surface area contributed by atoms with E-state index in [1.807, 2.05) is 0 Å². The minimum Gasteiger partial charge on any atom is -0.486 e. The predicted molar refractivity (Wildman–Crippen MR) is 104 cm³/mol. The minimum atomic E-state index is -0.622. The molecule has 1 aliphatic rings. The lowest BCUT2D eigenvalue weighted by Crippen LogP contribution is -2.35. The number of aromatic nitrogens is 2. The lowest BCUT2D eigenvalue weighted by Gasteiger charge is -2.19. The largest absolute Gasteiger partial charge is 0.486 e. The molecule has 3 rings (SSSR count). The maximum absolute atomic E-state index is 12.0. The molecule has 11 heteroatoms. The van der Waals surface area contributed by atoms with Crippen molar-refractivity contribution in [2.24, 2.45) is 0 Å². The van der Waals surface area contributed by atoms with Crippen LogP contribution in [0.2, 0.25) is 0 Å². The molecule has 3 N–H and O–H groups in total. The molecule has 2 heterocycles. The monoisotopic (exact) mass is 407 g/mol. The van der Waals surface area contributed by atoms with E-state index in [-0.39, 0.29) is 5.75 Å². The molecule has 0 radical (unpaired) electrons. The molecule has 0 saturated heterocycles. The van der Waals surface area contributed by atoms with E-state index in [2.05, 4.69) is 32.7 Å². The van der Waals surface area contributed by atoms with Crippen molar-refractivity contribution in [1.29, 1.82) is 0 Å². The summed E-state index contributed by atoms with van der Waals surface area (Å²) in [5, 5.41) is 16.4. The Balaban J connectivity index is 1.44. The second kappa shape index (κ2) is 9.24. The van der Waals surface area contributed by atoms with Gasteiger partial charge in [-0.15, -0.1) is 16.8 Å². The molecule has 9 nitrogen and oxygen atoms in total. The van der Waals surface area contributed by atoms with Crippen molar-refractivity contribution in [2.45, 2.75) is 4.34 Å². The van der Waals surface area contributed by atoms with Crippen LogP contribution in [-0.4, -0.2) is 47.6 Å². The van der Waals surface area contributed by atoms with Gasteiger partial charge in [0, 0.05) is 18.3 Å². The molecule has 0 atom stereocenters. The van der Waals surface area contributed by atoms with Crippen LogP contribution in [0.15, 0.2) is 35.2 Å². The molecule has 1 aromatic heterocycles. The fraction of sp³-hybridized carbons (Fsp3) is 0.250. The molecule has 0 fully saturated rings. The fourth-order valence-corrected chi connectivity index (χ4v) is 3.63. The zero-order valence-electron chi connectivity index (χ0n) is 14.2. The number of carbonyl (C=O) groups is 2. The van der Waals surface area contributed by atoms with Crippen LogP contribution < -0.4 is 25.4 Å². The van der Waals surface area contributed by atoms with Crippen LogP contribution in [0.25, 0.3) is 0 Å². The second-order valence-electron chi connectivity index (χ2n) is 5.19. The number of fused-ring (bicyclic) bond motifs is 1. The Hall–Kier alpha value is -2.79. The van der Waals surface area contributed by atoms with Crippen molar-refractivity contribution in [3.8, 4) is 11.5 Å². The highest BCUT2D eigenvalue weighted by atomic mass is 32.2. The van der Waals surface area contributed by atoms with E-state index in [1.165, 1.54) is 23.1 Å². The molecule has 27 heavy (non-hydrogen) atoms. The van der Waals surface area contributed by atoms with E-state index >= 15 is 0 Å². The van der Waals surface area contributed by atoms with Gasteiger partial charge in [-0.25, -0.2) is 4.79 Å². The zero-order chi connectivity index (χ0) is 19.1. The summed E-state index contributed by atoms with van der Waals surface area (Å²) in [5.41, 5.74) is 0.499. The molecule has 0 saturated carbocycles. The quantitative estimate of drug-likeness (QED) is 0.473. The maximum atomic E-state index is 12.0. The van der Waals surface area contributed by atoms with Crippen molar-refractivity contribution >= 4 is 45.9 Å². The number of imide groups is 1. The maximum Gasteiger partial charge on any atom is 0.325 e. The molecule has 2 aromatic rings. The Morgan fingerprint density at radius 3 is 2.89 bits per heavy atom. The number of nitrogens with zero attached hydrogens (tertiary/aromatic N) is 2. The van der Waals surface area contributed by atoms with Gasteiger partial charge in [-0.1, -0.05) is 29.2 Å². The van der Waals surface area contributed by atoms with E-state index in [4.69, 9.17) is 9.47 Å². The van der Waals surface area contributed by atoms with Crippen LogP contribution >= 0.6 is 23.1 Å². The first-order chi connectivity index (χ1) is 13.1. The van der Waals surface area contributed by atoms with E-state index in [0.29, 0.717) is 46.4 Å². The third-order valence-electron chi connectivity index (χ3n) is 3.18. The van der Waals surface area contributed by atoms with Crippen LogP contribution in [-0.2, 0) is 4.79 Å². The summed E-state index contributed by atoms with van der Waals surface area (Å²) in [7, 11) is 0. The van der Waals surface area contributed by atoms with Crippen LogP contribution in [0.5, 0.6) is 11.5 Å². The number of carbonyl (C=O) groups excluding carboxylic acids is 2. The predicted octanol–water partition coefficient (Wildman–Crippen LogP) is 2.35. The molecule has 1 aliphatic heterocycles. The minimum absolute atomic E-state index is 0.0463. The first-order valence-corrected chi connectivity index (χ1v) is 9.76. The second-order valence-corrected chi connectivity index (χ2v) is 7.39. The van der Waals surface area contributed by atoms with Gasteiger partial charge < -0.3 is 20.1 Å². The van der Waals surface area contributed by atoms with E-state index in [0.717, 1.165) is 0 Å². The summed E-state index contributed by atoms with van der Waals surface area (Å²) in [5.74, 6) is 0.785. The average Bonchev–Trinajstić information content (AvgIpc) is 3.12. The number of nitrogens with one attached hydrogen (secondary N) is 3. The number of rotatable bonds is 7. The van der Waals surface area contributed by atoms with Gasteiger partial charge in [0.2, 0.25) is 11.0 Å². The summed E-state index contributed by atoms with van der Waals surface area (Å²) in [6.07, 6.45) is 1.71. The van der Waals surface area contributed by atoms with Crippen molar-refractivity contribution in [3.63, 3.8) is 0 Å². The third kappa shape index (κ3) is 5.59. The summed E-state index contributed by atoms with van der Waals surface area (Å²) in [6.45, 7) is 5.13. The Morgan fingerprint density at radius 1 is 1.26 bits per heavy atom. The van der Waals surface area contributed by atoms with Gasteiger partial charge >= 0.3 is 6.03 Å². The summed E-state index contributed by atoms with van der Waals surface area (Å²) < 4.78 is 11.5. The van der Waals surface area contributed by atoms with Gasteiger partial charge in [-0.05, 0) is 12.1 Å². The normalized spacial score (nSPS) is 12.1. The standard InChI is InChI=1S/C16H17N5O4S2/c1-2-5-17-15-20-21-16(27-15)26-9-13(22)19-14(23)18-10-3-4-11-12(8-10)25-7-6-24-11/h2-4,8H,1,5-7,9H2,(H,17,20)(H2,18,19,22,23). The number of ether oxygens (including phenoxy) is 2. The molecule has 0 unspecified atom stereocenters. The van der Waals surface area contributed by atoms with Gasteiger partial charge in [0.15, 0.2) is 15.8 Å². The number of hydrogen-bond donors (Lipinski definition) is 3. The van der Waals surface area contributed by atoms with Gasteiger partial charge in [-0.3, -0.25) is 10.1 Å². The number of benzene rings is 1. The van der Waals surface area contributed by atoms with Crippen LogP contribution in [0.1, 0.15) is 0 Å². The number of anilines is 2. The molecule has 0 spiro atoms. The summed E-state index contributed by atoms with van der Waals surface area (Å²) in [4.78, 5) is 23.9. The fourth-order valence-electron chi connectivity index (χ4n) is 2.07. The Morgan fingerprint density at radius 2 is 2.07 bits per heavy atom. The van der Waals surface area contributed by atoms with Gasteiger partial charge in [-0.2, -0.15) is 0 Å². The van der Waals surface area contributed by atoms with Crippen LogP contribution in [0.3, 0.4) is 0 Å². The number of hydrogen-bond acceptors (Lipinski definition) is 9. The highest BCUT2D eigenvalue weighted by Gasteiger charge is 2.14. The lowest BCUT2D eigenvalue weighted by atomic mass is 10.2. The third-order valence-corrected chi connectivity index (χ3v) is 5.20. The van der Waals surface area contributed by atoms with Crippen LogP contribution in [0, 0.1) is 0 Å². The SMILES string of the molecule is C=CCNc1nnc(SCC(=O)NC(=O)Nc2ccc3c(c2)OCCO3)s1. The molecule has 0 bridgehead atoms. The highest BCUT2D eigenvalue weighted by Crippen LogP contribution is 2.32. The van der Waals surface area contributed by atoms with Crippen LogP contribution in [0.4, 0.5) is 15.6 Å². The average molecular weight is 407 g/mol. The summed E-state index contributed by atoms with van der Waals surface area (Å²) >= 11 is 2.53. The highest BCUT2D eigenvalue weighted by molar-refractivity contribution is 8.01. The first-order valence-electron chi connectivity index (χ1n) is 7.95. The van der Waals surface area contributed by atoms with Crippen molar-refractivity contribution in [3.05, 3.63) is 30.9 Å². The van der Waals surface area contributed by atoms with Gasteiger partial charge in [0.1, 0.15) is 13.2 Å². The topological polar surface area (TPSA) is 114 Å². The van der Waals surface area contributed by atoms with E-state index < -0.39 is 11.9 Å². The number of amides is 3.